The average Bonchev–Trinajstić information content (AvgIpc) is 3.63. The Morgan fingerprint density at radius 2 is 1.69 bits per heavy atom. The number of methoxy groups -OCH3 is 1. The fraction of sp³-hybridized carbons (Fsp3) is 0.769. The van der Waals surface area contributed by atoms with Gasteiger partial charge in [-0.1, -0.05) is 12.8 Å². The monoisotopic (exact) mass is 528 g/mol. The van der Waals surface area contributed by atoms with Crippen LogP contribution in [-0.4, -0.2) is 43.0 Å². The van der Waals surface area contributed by atoms with Gasteiger partial charge in [0.05, 0.1) is 18.1 Å². The molecule has 0 saturated heterocycles. The molecule has 0 aliphatic heterocycles. The minimum Gasteiger partial charge on any atom is -0.480 e. The topological polar surface area (TPSA) is 85.4 Å². The van der Waals surface area contributed by atoms with E-state index in [1.165, 1.54) is 14.0 Å². The average molecular weight is 529 g/mol. The van der Waals surface area contributed by atoms with Crippen LogP contribution in [0.25, 0.3) is 0 Å². The van der Waals surface area contributed by atoms with Gasteiger partial charge in [0.25, 0.3) is 5.91 Å². The molecule has 1 aromatic rings. The van der Waals surface area contributed by atoms with E-state index in [4.69, 9.17) is 4.74 Å². The van der Waals surface area contributed by atoms with Crippen LogP contribution in [0.3, 0.4) is 0 Å². The quantitative estimate of drug-likeness (QED) is 0.474. The van der Waals surface area contributed by atoms with Crippen molar-refractivity contribution in [2.45, 2.75) is 94.5 Å². The highest BCUT2D eigenvalue weighted by Gasteiger charge is 2.62. The van der Waals surface area contributed by atoms with Crippen molar-refractivity contribution in [2.24, 2.45) is 17.3 Å². The largest absolute Gasteiger partial charge is 0.480 e. The van der Waals surface area contributed by atoms with Crippen LogP contribution in [-0.2, 0) is 16.0 Å². The Labute approximate surface area is 210 Å². The van der Waals surface area contributed by atoms with E-state index in [1.807, 2.05) is 0 Å². The number of aromatic nitrogens is 1. The number of hydrogen-bond acceptors (Lipinski definition) is 5. The van der Waals surface area contributed by atoms with Crippen LogP contribution < -0.4 is 10.1 Å². The molecule has 4 aliphatic rings. The lowest BCUT2D eigenvalue weighted by Gasteiger charge is -2.47. The minimum atomic E-state index is -4.64. The van der Waals surface area contributed by atoms with Crippen LogP contribution in [0.2, 0.25) is 0 Å². The van der Waals surface area contributed by atoms with Gasteiger partial charge in [-0.05, 0) is 93.6 Å². The zero-order valence-electron chi connectivity index (χ0n) is 20.9. The molecule has 0 spiro atoms. The first-order valence-corrected chi connectivity index (χ1v) is 14.8. The summed E-state index contributed by atoms with van der Waals surface area (Å²) < 4.78 is 70.7. The minimum absolute atomic E-state index is 0.0269. The summed E-state index contributed by atoms with van der Waals surface area (Å²) in [6, 6.07) is 0.882. The molecule has 0 aromatic carbocycles. The van der Waals surface area contributed by atoms with E-state index in [1.54, 1.807) is 0 Å². The third-order valence-corrected chi connectivity index (χ3v) is 11.4. The molecule has 200 valence electrons. The fourth-order valence-electron chi connectivity index (χ4n) is 6.41. The molecule has 1 aromatic heterocycles. The second-order valence-corrected chi connectivity index (χ2v) is 14.0. The van der Waals surface area contributed by atoms with Crippen molar-refractivity contribution < 1.29 is 31.1 Å². The predicted octanol–water partition coefficient (Wildman–Crippen LogP) is 5.23. The van der Waals surface area contributed by atoms with Gasteiger partial charge in [-0.2, -0.15) is 13.2 Å². The predicted molar refractivity (Wildman–Crippen MR) is 129 cm³/mol. The van der Waals surface area contributed by atoms with Gasteiger partial charge in [0, 0.05) is 5.54 Å². The lowest BCUT2D eigenvalue weighted by atomic mass is 9.64. The molecule has 0 unspecified atom stereocenters. The van der Waals surface area contributed by atoms with Crippen molar-refractivity contribution in [1.29, 1.82) is 0 Å². The molecular formula is C26H35F3N2O4S. The number of ether oxygens (including phenoxy) is 1. The summed E-state index contributed by atoms with van der Waals surface area (Å²) in [6.45, 7) is 1.46. The Balaban J connectivity index is 1.37. The Kier molecular flexibility index (Phi) is 6.36. The Bertz CT molecular complexity index is 1130. The van der Waals surface area contributed by atoms with Gasteiger partial charge < -0.3 is 10.1 Å². The van der Waals surface area contributed by atoms with Crippen molar-refractivity contribution in [2.75, 3.05) is 12.9 Å². The number of alkyl halides is 3. The molecule has 1 heterocycles. The Morgan fingerprint density at radius 1 is 1.08 bits per heavy atom. The Hall–Kier alpha value is -1.84. The maximum absolute atomic E-state index is 13.5. The second kappa shape index (κ2) is 8.88. The van der Waals surface area contributed by atoms with Crippen molar-refractivity contribution in [3.05, 3.63) is 22.9 Å². The summed E-state index contributed by atoms with van der Waals surface area (Å²) in [4.78, 5) is 17.1. The summed E-state index contributed by atoms with van der Waals surface area (Å²) in [5.74, 6) is 0.430. The van der Waals surface area contributed by atoms with Crippen molar-refractivity contribution in [1.82, 2.24) is 10.3 Å². The molecule has 4 fully saturated rings. The van der Waals surface area contributed by atoms with E-state index >= 15 is 0 Å². The first-order chi connectivity index (χ1) is 16.9. The van der Waals surface area contributed by atoms with Crippen molar-refractivity contribution in [3.8, 4) is 5.88 Å². The van der Waals surface area contributed by atoms with Crippen LogP contribution in [0.5, 0.6) is 5.88 Å². The normalized spacial score (nSPS) is 28.0. The smallest absolute Gasteiger partial charge is 0.433 e. The third-order valence-electron chi connectivity index (χ3n) is 8.95. The highest BCUT2D eigenvalue weighted by molar-refractivity contribution is 7.92. The van der Waals surface area contributed by atoms with Crippen LogP contribution in [0.15, 0.2) is 6.07 Å². The number of pyridine rings is 1. The lowest BCUT2D eigenvalue weighted by Crippen LogP contribution is -2.53. The van der Waals surface area contributed by atoms with Crippen molar-refractivity contribution in [3.63, 3.8) is 0 Å². The van der Waals surface area contributed by atoms with E-state index < -0.39 is 33.2 Å². The van der Waals surface area contributed by atoms with Crippen LogP contribution in [0.4, 0.5) is 13.2 Å². The zero-order valence-corrected chi connectivity index (χ0v) is 21.7. The number of carbonyl (C=O) groups is 1. The number of rotatable bonds is 9. The molecule has 0 atom stereocenters. The zero-order chi connectivity index (χ0) is 25.9. The van der Waals surface area contributed by atoms with E-state index in [0.717, 1.165) is 63.9 Å². The second-order valence-electron chi connectivity index (χ2n) is 11.6. The van der Waals surface area contributed by atoms with Gasteiger partial charge in [-0.3, -0.25) is 4.79 Å². The maximum atomic E-state index is 13.5. The molecular weight excluding hydrogens is 493 g/mol. The van der Waals surface area contributed by atoms with Gasteiger partial charge in [0.2, 0.25) is 5.88 Å². The lowest BCUT2D eigenvalue weighted by molar-refractivity contribution is -0.141. The van der Waals surface area contributed by atoms with Crippen LogP contribution in [0.1, 0.15) is 92.2 Å². The van der Waals surface area contributed by atoms with Gasteiger partial charge in [0.15, 0.2) is 9.84 Å². The summed E-state index contributed by atoms with van der Waals surface area (Å²) >= 11 is 0. The number of aryl methyl sites for hydroxylation is 1. The SMILES string of the molecule is COc1nc(C(F)(F)F)cc(C)c1C(=O)NC1(C2(CC3CC3)CCC(S(=O)(=O)CC3CC3)CC2)CC1. The summed E-state index contributed by atoms with van der Waals surface area (Å²) in [7, 11) is -1.90. The highest BCUT2D eigenvalue weighted by Crippen LogP contribution is 2.62. The number of halogens is 3. The fourth-order valence-corrected chi connectivity index (χ4v) is 8.63. The first-order valence-electron chi connectivity index (χ1n) is 13.0. The molecule has 4 aliphatic carbocycles. The maximum Gasteiger partial charge on any atom is 0.433 e. The number of nitrogens with one attached hydrogen (secondary N) is 1. The number of nitrogens with zero attached hydrogens (tertiary/aromatic N) is 1. The summed E-state index contributed by atoms with van der Waals surface area (Å²) in [5.41, 5.74) is -1.55. The molecule has 1 N–H and O–H groups in total. The van der Waals surface area contributed by atoms with Gasteiger partial charge in [0.1, 0.15) is 11.3 Å². The van der Waals surface area contributed by atoms with Crippen LogP contribution in [0, 0.1) is 24.2 Å². The van der Waals surface area contributed by atoms with E-state index in [0.29, 0.717) is 30.4 Å². The molecule has 36 heavy (non-hydrogen) atoms. The molecule has 1 amide bonds. The number of carbonyl (C=O) groups excluding carboxylic acids is 1. The number of hydrogen-bond donors (Lipinski definition) is 1. The molecule has 6 nitrogen and oxygen atoms in total. The van der Waals surface area contributed by atoms with Gasteiger partial charge in [-0.15, -0.1) is 0 Å². The first kappa shape index (κ1) is 25.8. The van der Waals surface area contributed by atoms with Gasteiger partial charge in [-0.25, -0.2) is 13.4 Å². The molecule has 0 radical (unpaired) electrons. The highest BCUT2D eigenvalue weighted by atomic mass is 32.2. The molecule has 4 saturated carbocycles. The van der Waals surface area contributed by atoms with E-state index in [9.17, 15) is 26.4 Å². The van der Waals surface area contributed by atoms with Crippen LogP contribution >= 0.6 is 0 Å². The van der Waals surface area contributed by atoms with Crippen molar-refractivity contribution >= 4 is 15.7 Å². The third kappa shape index (κ3) is 4.98. The summed E-state index contributed by atoms with van der Waals surface area (Å²) in [5, 5.41) is 2.90. The molecule has 10 heteroatoms. The molecule has 0 bridgehead atoms. The van der Waals surface area contributed by atoms with E-state index in [2.05, 4.69) is 10.3 Å². The summed E-state index contributed by atoms with van der Waals surface area (Å²) in [6.07, 6.45) is 4.97. The van der Waals surface area contributed by atoms with E-state index in [-0.39, 0.29) is 27.7 Å². The standard InChI is InChI=1S/C26H35F3N2O4S/c1-16-13-20(26(27,28)29)30-23(35-2)21(16)22(32)31-25(11-12-25)24(14-17-3-4-17)9-7-19(8-10-24)36(33,34)15-18-5-6-18/h13,17-19H,3-12,14-15H2,1-2H3,(H,31,32). The van der Waals surface area contributed by atoms with Gasteiger partial charge >= 0.3 is 6.18 Å². The molecule has 5 rings (SSSR count). The number of sulfone groups is 1. The number of amides is 1. The Morgan fingerprint density at radius 3 is 2.19 bits per heavy atom.